The fourth-order valence-electron chi connectivity index (χ4n) is 2.40. The van der Waals surface area contributed by atoms with Crippen LogP contribution >= 0.6 is 0 Å². The highest BCUT2D eigenvalue weighted by Gasteiger charge is 2.21. The number of amides is 1. The Kier molecular flexibility index (Phi) is 4.18. The lowest BCUT2D eigenvalue weighted by atomic mass is 9.94. The molecule has 2 N–H and O–H groups in total. The van der Waals surface area contributed by atoms with Crippen LogP contribution in [0, 0.1) is 5.92 Å². The van der Waals surface area contributed by atoms with Gasteiger partial charge in [0, 0.05) is 18.8 Å². The number of pyridine rings is 1. The number of nitrogens with two attached hydrogens (primary N) is 1. The number of aromatic nitrogens is 1. The van der Waals surface area contributed by atoms with E-state index in [0.717, 1.165) is 37.5 Å². The first-order valence-electron chi connectivity index (χ1n) is 6.67. The summed E-state index contributed by atoms with van der Waals surface area (Å²) in [6.45, 7) is 4.01. The highest BCUT2D eigenvalue weighted by molar-refractivity contribution is 5.78. The van der Waals surface area contributed by atoms with Crippen molar-refractivity contribution in [3.63, 3.8) is 0 Å². The van der Waals surface area contributed by atoms with Crippen LogP contribution in [0.4, 0.5) is 5.69 Å². The van der Waals surface area contributed by atoms with Gasteiger partial charge >= 0.3 is 0 Å². The standard InChI is InChI=1S/C14H21N3O/c1-2-11-5-7-17(8-6-11)14(18)9-13-4-3-12(15)10-16-13/h3-4,10-11H,2,5-9,15H2,1H3. The molecule has 0 aromatic carbocycles. The van der Waals surface area contributed by atoms with Gasteiger partial charge in [0.25, 0.3) is 0 Å². The summed E-state index contributed by atoms with van der Waals surface area (Å²) in [5.74, 6) is 0.977. The summed E-state index contributed by atoms with van der Waals surface area (Å²) in [7, 11) is 0. The third-order valence-corrected chi connectivity index (χ3v) is 3.72. The molecule has 2 rings (SSSR count). The maximum atomic E-state index is 12.1. The average Bonchev–Trinajstić information content (AvgIpc) is 2.41. The van der Waals surface area contributed by atoms with Crippen LogP contribution in [0.3, 0.4) is 0 Å². The van der Waals surface area contributed by atoms with Crippen molar-refractivity contribution in [2.45, 2.75) is 32.6 Å². The van der Waals surface area contributed by atoms with Crippen molar-refractivity contribution in [3.05, 3.63) is 24.0 Å². The zero-order valence-corrected chi connectivity index (χ0v) is 10.9. The Hall–Kier alpha value is -1.58. The second-order valence-corrected chi connectivity index (χ2v) is 4.99. The maximum Gasteiger partial charge on any atom is 0.228 e. The molecule has 1 aliphatic heterocycles. The smallest absolute Gasteiger partial charge is 0.228 e. The van der Waals surface area contributed by atoms with E-state index in [1.807, 2.05) is 11.0 Å². The van der Waals surface area contributed by atoms with Crippen LogP contribution in [0.2, 0.25) is 0 Å². The second-order valence-electron chi connectivity index (χ2n) is 4.99. The number of hydrogen-bond donors (Lipinski definition) is 1. The number of nitrogens with zero attached hydrogens (tertiary/aromatic N) is 2. The number of carbonyl (C=O) groups is 1. The van der Waals surface area contributed by atoms with Gasteiger partial charge in [0.05, 0.1) is 18.3 Å². The Balaban J connectivity index is 1.87. The van der Waals surface area contributed by atoms with Crippen LogP contribution in [0.15, 0.2) is 18.3 Å². The van der Waals surface area contributed by atoms with E-state index >= 15 is 0 Å². The highest BCUT2D eigenvalue weighted by Crippen LogP contribution is 2.20. The second kappa shape index (κ2) is 5.85. The molecule has 0 spiro atoms. The minimum atomic E-state index is 0.182. The highest BCUT2D eigenvalue weighted by atomic mass is 16.2. The monoisotopic (exact) mass is 247 g/mol. The van der Waals surface area contributed by atoms with Crippen molar-refractivity contribution in [1.29, 1.82) is 0 Å². The van der Waals surface area contributed by atoms with E-state index in [4.69, 9.17) is 5.73 Å². The third kappa shape index (κ3) is 3.22. The van der Waals surface area contributed by atoms with Crippen molar-refractivity contribution in [1.82, 2.24) is 9.88 Å². The first-order valence-corrected chi connectivity index (χ1v) is 6.67. The van der Waals surface area contributed by atoms with Gasteiger partial charge < -0.3 is 10.6 Å². The summed E-state index contributed by atoms with van der Waals surface area (Å²) >= 11 is 0. The number of carbonyl (C=O) groups excluding carboxylic acids is 1. The quantitative estimate of drug-likeness (QED) is 0.886. The fraction of sp³-hybridized carbons (Fsp3) is 0.571. The fourth-order valence-corrected chi connectivity index (χ4v) is 2.40. The molecule has 0 bridgehead atoms. The van der Waals surface area contributed by atoms with Crippen LogP contribution in [0.25, 0.3) is 0 Å². The van der Waals surface area contributed by atoms with Crippen molar-refractivity contribution in [3.8, 4) is 0 Å². The largest absolute Gasteiger partial charge is 0.397 e. The number of piperidine rings is 1. The number of likely N-dealkylation sites (tertiary alicyclic amines) is 1. The number of rotatable bonds is 3. The molecule has 2 heterocycles. The Labute approximate surface area is 108 Å². The van der Waals surface area contributed by atoms with Crippen molar-refractivity contribution in [2.75, 3.05) is 18.8 Å². The zero-order valence-electron chi connectivity index (χ0n) is 10.9. The maximum absolute atomic E-state index is 12.1. The van der Waals surface area contributed by atoms with E-state index < -0.39 is 0 Å². The molecule has 1 aromatic rings. The normalized spacial score (nSPS) is 16.8. The van der Waals surface area contributed by atoms with Gasteiger partial charge in [0.15, 0.2) is 0 Å². The van der Waals surface area contributed by atoms with E-state index in [2.05, 4.69) is 11.9 Å². The van der Waals surface area contributed by atoms with Crippen LogP contribution in [0.5, 0.6) is 0 Å². The first kappa shape index (κ1) is 12.9. The van der Waals surface area contributed by atoms with Gasteiger partial charge in [0.2, 0.25) is 5.91 Å². The van der Waals surface area contributed by atoms with Crippen LogP contribution < -0.4 is 5.73 Å². The Morgan fingerprint density at radius 2 is 2.17 bits per heavy atom. The molecule has 18 heavy (non-hydrogen) atoms. The van der Waals surface area contributed by atoms with E-state index in [9.17, 15) is 4.79 Å². The Morgan fingerprint density at radius 3 is 2.72 bits per heavy atom. The Bertz CT molecular complexity index is 394. The molecule has 1 fully saturated rings. The molecule has 1 aliphatic rings. The summed E-state index contributed by atoms with van der Waals surface area (Å²) in [6, 6.07) is 3.62. The predicted octanol–water partition coefficient (Wildman–Crippen LogP) is 1.85. The van der Waals surface area contributed by atoms with E-state index in [-0.39, 0.29) is 5.91 Å². The van der Waals surface area contributed by atoms with Crippen molar-refractivity contribution < 1.29 is 4.79 Å². The minimum Gasteiger partial charge on any atom is -0.397 e. The molecule has 0 aliphatic carbocycles. The molecule has 0 unspecified atom stereocenters. The molecule has 0 saturated carbocycles. The van der Waals surface area contributed by atoms with E-state index in [1.54, 1.807) is 12.3 Å². The zero-order chi connectivity index (χ0) is 13.0. The summed E-state index contributed by atoms with van der Waals surface area (Å²) in [5, 5.41) is 0. The third-order valence-electron chi connectivity index (χ3n) is 3.72. The van der Waals surface area contributed by atoms with E-state index in [1.165, 1.54) is 6.42 Å². The minimum absolute atomic E-state index is 0.182. The van der Waals surface area contributed by atoms with Gasteiger partial charge in [-0.25, -0.2) is 0 Å². The van der Waals surface area contributed by atoms with E-state index in [0.29, 0.717) is 12.1 Å². The van der Waals surface area contributed by atoms with Gasteiger partial charge in [-0.05, 0) is 30.9 Å². The van der Waals surface area contributed by atoms with Gasteiger partial charge in [-0.3, -0.25) is 9.78 Å². The van der Waals surface area contributed by atoms with Crippen molar-refractivity contribution in [2.24, 2.45) is 5.92 Å². The summed E-state index contributed by atoms with van der Waals surface area (Å²) in [6.07, 6.45) is 5.49. The number of anilines is 1. The summed E-state index contributed by atoms with van der Waals surface area (Å²) in [4.78, 5) is 18.2. The summed E-state index contributed by atoms with van der Waals surface area (Å²) in [5.41, 5.74) is 7.01. The molecular weight excluding hydrogens is 226 g/mol. The average molecular weight is 247 g/mol. The van der Waals surface area contributed by atoms with Crippen molar-refractivity contribution >= 4 is 11.6 Å². The van der Waals surface area contributed by atoms with Gasteiger partial charge in [-0.15, -0.1) is 0 Å². The Morgan fingerprint density at radius 1 is 1.44 bits per heavy atom. The summed E-state index contributed by atoms with van der Waals surface area (Å²) < 4.78 is 0. The molecule has 0 atom stereocenters. The van der Waals surface area contributed by atoms with Gasteiger partial charge in [-0.1, -0.05) is 13.3 Å². The molecule has 98 valence electrons. The topological polar surface area (TPSA) is 59.2 Å². The first-order chi connectivity index (χ1) is 8.69. The lowest BCUT2D eigenvalue weighted by Crippen LogP contribution is -2.39. The lowest BCUT2D eigenvalue weighted by molar-refractivity contribution is -0.131. The van der Waals surface area contributed by atoms with Crippen LogP contribution in [-0.4, -0.2) is 28.9 Å². The molecule has 1 aromatic heterocycles. The SMILES string of the molecule is CCC1CCN(C(=O)Cc2ccc(N)cn2)CC1. The molecule has 0 radical (unpaired) electrons. The predicted molar refractivity (Wildman–Crippen MR) is 71.9 cm³/mol. The lowest BCUT2D eigenvalue weighted by Gasteiger charge is -2.31. The molecule has 1 saturated heterocycles. The van der Waals surface area contributed by atoms with Crippen LogP contribution in [-0.2, 0) is 11.2 Å². The molecule has 1 amide bonds. The molecular formula is C14H21N3O. The number of hydrogen-bond acceptors (Lipinski definition) is 3. The molecule has 4 heteroatoms. The van der Waals surface area contributed by atoms with Gasteiger partial charge in [0.1, 0.15) is 0 Å². The van der Waals surface area contributed by atoms with Crippen LogP contribution in [0.1, 0.15) is 31.9 Å². The molecule has 4 nitrogen and oxygen atoms in total. The van der Waals surface area contributed by atoms with Gasteiger partial charge in [-0.2, -0.15) is 0 Å². The number of nitrogen functional groups attached to an aromatic ring is 1.